The molecule has 1 fully saturated rings. The van der Waals surface area contributed by atoms with Gasteiger partial charge in [-0.3, -0.25) is 14.5 Å². The molecule has 0 bridgehead atoms. The van der Waals surface area contributed by atoms with Gasteiger partial charge in [0.05, 0.1) is 15.6 Å². The normalized spacial score (nSPS) is 17.6. The fourth-order valence-electron chi connectivity index (χ4n) is 4.74. The van der Waals surface area contributed by atoms with Crippen LogP contribution in [0.4, 0.5) is 10.6 Å². The van der Waals surface area contributed by atoms with Gasteiger partial charge in [-0.05, 0) is 30.5 Å². The van der Waals surface area contributed by atoms with Crippen LogP contribution in [0.2, 0.25) is 10.0 Å². The second-order valence-corrected chi connectivity index (χ2v) is 9.55. The zero-order chi connectivity index (χ0) is 25.9. The quantitative estimate of drug-likeness (QED) is 0.547. The van der Waals surface area contributed by atoms with E-state index >= 15 is 0 Å². The number of rotatable bonds is 7. The van der Waals surface area contributed by atoms with E-state index in [1.807, 2.05) is 12.1 Å². The van der Waals surface area contributed by atoms with Crippen molar-refractivity contribution in [3.05, 3.63) is 63.9 Å². The summed E-state index contributed by atoms with van der Waals surface area (Å²) in [4.78, 5) is 46.0. The Hall–Kier alpha value is -3.14. The maximum atomic E-state index is 13.2. The number of methoxy groups -OCH3 is 1. The molecule has 0 saturated carbocycles. The summed E-state index contributed by atoms with van der Waals surface area (Å²) in [5.41, 5.74) is 1.60. The first-order valence-electron chi connectivity index (χ1n) is 11.4. The Bertz CT molecular complexity index is 1200. The lowest BCUT2D eigenvalue weighted by molar-refractivity contribution is -0.137. The second kappa shape index (κ2) is 10.9. The number of likely N-dealkylation sites (tertiary alicyclic amines) is 1. The number of benzene rings is 1. The highest BCUT2D eigenvalue weighted by atomic mass is 35.5. The van der Waals surface area contributed by atoms with Crippen molar-refractivity contribution in [1.82, 2.24) is 19.7 Å². The predicted molar refractivity (Wildman–Crippen MR) is 138 cm³/mol. The molecule has 36 heavy (non-hydrogen) atoms. The summed E-state index contributed by atoms with van der Waals surface area (Å²) in [5, 5.41) is 3.46. The van der Waals surface area contributed by atoms with Gasteiger partial charge < -0.3 is 19.9 Å². The number of amides is 4. The van der Waals surface area contributed by atoms with E-state index in [0.29, 0.717) is 54.7 Å². The monoisotopic (exact) mass is 531 g/mol. The molecular formula is C25H27Cl2N5O4. The molecule has 11 heteroatoms. The predicted octanol–water partition coefficient (Wildman–Crippen LogP) is 3.83. The maximum Gasteiger partial charge on any atom is 0.324 e. The third-order valence-electron chi connectivity index (χ3n) is 6.70. The highest BCUT2D eigenvalue weighted by Crippen LogP contribution is 2.39. The molecule has 2 aliphatic rings. The molecule has 4 amide bonds. The molecule has 2 aromatic rings. The van der Waals surface area contributed by atoms with E-state index in [4.69, 9.17) is 27.9 Å². The number of anilines is 1. The Morgan fingerprint density at radius 2 is 1.97 bits per heavy atom. The highest BCUT2D eigenvalue weighted by Gasteiger charge is 2.40. The van der Waals surface area contributed by atoms with Crippen LogP contribution in [0.5, 0.6) is 0 Å². The number of aromatic nitrogens is 1. The van der Waals surface area contributed by atoms with Crippen molar-refractivity contribution in [3.63, 3.8) is 0 Å². The van der Waals surface area contributed by atoms with E-state index in [0.717, 1.165) is 16.7 Å². The van der Waals surface area contributed by atoms with E-state index in [1.165, 1.54) is 9.80 Å². The highest BCUT2D eigenvalue weighted by molar-refractivity contribution is 6.43. The largest absolute Gasteiger partial charge is 0.373 e. The molecular weight excluding hydrogens is 505 g/mol. The minimum absolute atomic E-state index is 0.102. The summed E-state index contributed by atoms with van der Waals surface area (Å²) < 4.78 is 5.91. The number of hydrogen-bond donors (Lipinski definition) is 1. The number of urea groups is 1. The van der Waals surface area contributed by atoms with Crippen LogP contribution in [-0.2, 0) is 19.9 Å². The molecule has 0 atom stereocenters. The van der Waals surface area contributed by atoms with Crippen LogP contribution >= 0.6 is 23.2 Å². The van der Waals surface area contributed by atoms with Crippen LogP contribution < -0.4 is 5.32 Å². The van der Waals surface area contributed by atoms with Crippen molar-refractivity contribution in [3.8, 4) is 0 Å². The molecule has 1 N–H and O–H groups in total. The van der Waals surface area contributed by atoms with Crippen molar-refractivity contribution < 1.29 is 19.1 Å². The van der Waals surface area contributed by atoms with Gasteiger partial charge in [-0.25, -0.2) is 9.78 Å². The Morgan fingerprint density at radius 1 is 1.22 bits per heavy atom. The van der Waals surface area contributed by atoms with Crippen LogP contribution in [0.3, 0.4) is 0 Å². The van der Waals surface area contributed by atoms with E-state index in [-0.39, 0.29) is 18.5 Å². The minimum Gasteiger partial charge on any atom is -0.373 e. The third-order valence-corrected chi connectivity index (χ3v) is 7.52. The topological polar surface area (TPSA) is 95.1 Å². The number of halogens is 2. The Kier molecular flexibility index (Phi) is 7.82. The maximum absolute atomic E-state index is 13.2. The van der Waals surface area contributed by atoms with E-state index < -0.39 is 5.60 Å². The standard InChI is InChI=1S/C25H27Cl2N5O4/c1-30-13-17(18-5-3-7-20(26)22(18)27)14-32(24(30)35)15-21(34)31-11-8-25(36-2,9-12-31)19-6-4-10-28-23(19)29-16-33/h3-7,10,14,16H,8-9,11-13,15H2,1-2H3,(H,28,29,33). The van der Waals surface area contributed by atoms with Gasteiger partial charge in [-0.1, -0.05) is 41.4 Å². The molecule has 0 radical (unpaired) electrons. The molecule has 0 unspecified atom stereocenters. The first-order valence-corrected chi connectivity index (χ1v) is 12.2. The summed E-state index contributed by atoms with van der Waals surface area (Å²) in [7, 11) is 3.29. The number of carbonyl (C=O) groups is 3. The number of carbonyl (C=O) groups excluding carboxylic acids is 3. The Balaban J connectivity index is 1.49. The van der Waals surface area contributed by atoms with Crippen LogP contribution in [0.25, 0.3) is 5.57 Å². The van der Waals surface area contributed by atoms with Gasteiger partial charge in [0, 0.05) is 57.3 Å². The van der Waals surface area contributed by atoms with E-state index in [2.05, 4.69) is 10.3 Å². The number of hydrogen-bond acceptors (Lipinski definition) is 5. The second-order valence-electron chi connectivity index (χ2n) is 8.76. The average molecular weight is 532 g/mol. The zero-order valence-corrected chi connectivity index (χ0v) is 21.6. The van der Waals surface area contributed by atoms with Gasteiger partial charge >= 0.3 is 6.03 Å². The minimum atomic E-state index is -0.687. The smallest absolute Gasteiger partial charge is 0.324 e. The Labute approximate surface area is 219 Å². The molecule has 9 nitrogen and oxygen atoms in total. The number of ether oxygens (including phenoxy) is 1. The molecule has 190 valence electrons. The lowest BCUT2D eigenvalue weighted by Gasteiger charge is -2.42. The number of piperidine rings is 1. The summed E-state index contributed by atoms with van der Waals surface area (Å²) in [6, 6.07) is 8.73. The van der Waals surface area contributed by atoms with Crippen molar-refractivity contribution in [2.24, 2.45) is 0 Å². The van der Waals surface area contributed by atoms with Crippen molar-refractivity contribution in [1.29, 1.82) is 0 Å². The summed E-state index contributed by atoms with van der Waals surface area (Å²) in [6.07, 6.45) is 4.89. The van der Waals surface area contributed by atoms with Gasteiger partial charge in [-0.15, -0.1) is 0 Å². The van der Waals surface area contributed by atoms with Crippen LogP contribution in [-0.4, -0.2) is 78.4 Å². The third kappa shape index (κ3) is 5.04. The lowest BCUT2D eigenvalue weighted by Crippen LogP contribution is -2.51. The molecule has 4 rings (SSSR count). The number of nitrogens with zero attached hydrogens (tertiary/aromatic N) is 4. The molecule has 1 aromatic carbocycles. The fourth-order valence-corrected chi connectivity index (χ4v) is 5.16. The van der Waals surface area contributed by atoms with Gasteiger partial charge in [0.2, 0.25) is 12.3 Å². The van der Waals surface area contributed by atoms with Crippen molar-refractivity contribution >= 4 is 52.9 Å². The Morgan fingerprint density at radius 3 is 2.67 bits per heavy atom. The summed E-state index contributed by atoms with van der Waals surface area (Å²) >= 11 is 12.6. The average Bonchev–Trinajstić information content (AvgIpc) is 2.89. The van der Waals surface area contributed by atoms with Gasteiger partial charge in [0.15, 0.2) is 0 Å². The van der Waals surface area contributed by atoms with Gasteiger partial charge in [0.1, 0.15) is 12.4 Å². The first kappa shape index (κ1) is 25.9. The summed E-state index contributed by atoms with van der Waals surface area (Å²) in [6.45, 7) is 1.11. The van der Waals surface area contributed by atoms with Crippen LogP contribution in [0.1, 0.15) is 24.0 Å². The molecule has 2 aliphatic heterocycles. The zero-order valence-electron chi connectivity index (χ0n) is 20.0. The first-order chi connectivity index (χ1) is 17.3. The van der Waals surface area contributed by atoms with Crippen LogP contribution in [0, 0.1) is 0 Å². The number of nitrogens with one attached hydrogen (secondary N) is 1. The molecule has 0 spiro atoms. The van der Waals surface area contributed by atoms with E-state index in [1.54, 1.807) is 49.7 Å². The van der Waals surface area contributed by atoms with Crippen molar-refractivity contribution in [2.75, 3.05) is 45.7 Å². The SMILES string of the molecule is COC1(c2cccnc2NC=O)CCN(C(=O)CN2C=C(c3cccc(Cl)c3Cl)CN(C)C2=O)CC1. The van der Waals surface area contributed by atoms with Gasteiger partial charge in [-0.2, -0.15) is 0 Å². The molecule has 1 aromatic heterocycles. The van der Waals surface area contributed by atoms with Crippen molar-refractivity contribution in [2.45, 2.75) is 18.4 Å². The van der Waals surface area contributed by atoms with Crippen LogP contribution in [0.15, 0.2) is 42.7 Å². The molecule has 3 heterocycles. The van der Waals surface area contributed by atoms with Gasteiger partial charge in [0.25, 0.3) is 0 Å². The number of pyridine rings is 1. The molecule has 0 aliphatic carbocycles. The lowest BCUT2D eigenvalue weighted by atomic mass is 9.84. The number of likely N-dealkylation sites (N-methyl/N-ethyl adjacent to an activating group) is 1. The fraction of sp³-hybridized carbons (Fsp3) is 0.360. The van der Waals surface area contributed by atoms with E-state index in [9.17, 15) is 14.4 Å². The summed E-state index contributed by atoms with van der Waals surface area (Å²) in [5.74, 6) is 0.266. The molecule has 1 saturated heterocycles.